The second kappa shape index (κ2) is 45.3. The Balaban J connectivity index is 0.000000158. The molecule has 5 aromatic carbocycles. The summed E-state index contributed by atoms with van der Waals surface area (Å²) in [7, 11) is 1.94. The van der Waals surface area contributed by atoms with Crippen LogP contribution >= 0.6 is 35.3 Å². The summed E-state index contributed by atoms with van der Waals surface area (Å²) in [6, 6.07) is 38.9. The number of fused-ring (bicyclic) bond motifs is 6. The van der Waals surface area contributed by atoms with Crippen LogP contribution in [-0.4, -0.2) is 277 Å². The van der Waals surface area contributed by atoms with Gasteiger partial charge in [-0.25, -0.2) is 44.9 Å². The van der Waals surface area contributed by atoms with Crippen molar-refractivity contribution in [1.82, 2.24) is 63.1 Å². The van der Waals surface area contributed by atoms with Crippen LogP contribution in [-0.2, 0) is 39.9 Å². The highest BCUT2D eigenvalue weighted by molar-refractivity contribution is 7.99. The molecule has 0 aliphatic carbocycles. The molecule has 39 nitrogen and oxygen atoms in total. The van der Waals surface area contributed by atoms with Crippen LogP contribution in [0.3, 0.4) is 0 Å². The fraction of sp³-hybridized carbons (Fsp3) is 0.402. The number of ether oxygens (including phenoxy) is 4. The van der Waals surface area contributed by atoms with Crippen LogP contribution in [0.2, 0.25) is 12.6 Å². The molecule has 0 bridgehead atoms. The highest BCUT2D eigenvalue weighted by Gasteiger charge is 2.48. The SMILES string of the molecule is C.C.Cc1ccc(Nc2nccc3c2ncn3C2OC(CSCCC(N)C(=O)O)C(O)C2O)cc1.NC(CCSCC1OC(n2cnc3c(NCc4cccc5ccccc45)nccc32)C(O)C1O)C(=O)O.NC(CCSCC1OC(n2cnc3c(Nc4cccc5ccccc45)nccc32)C(O)C1O)C(=O)O.NCC[B]CC1OC(n2cnc3c(N)ncnc32)C(O)C1O. The van der Waals surface area contributed by atoms with E-state index in [0.717, 1.165) is 39.6 Å². The Morgan fingerprint density at radius 1 is 0.454 bits per heavy atom. The number of nitrogens with one attached hydrogen (secondary N) is 3. The minimum Gasteiger partial charge on any atom is -0.480 e. The molecule has 4 saturated heterocycles. The van der Waals surface area contributed by atoms with Crippen molar-refractivity contribution >= 4 is 161 Å². The zero-order valence-corrected chi connectivity index (χ0v) is 71.6. The maximum Gasteiger partial charge on any atom is 0.320 e. The lowest BCUT2D eigenvalue weighted by atomic mass is 9.68. The smallest absolute Gasteiger partial charge is 0.320 e. The van der Waals surface area contributed by atoms with E-state index < -0.39 is 134 Å². The Morgan fingerprint density at radius 2 is 0.854 bits per heavy atom. The van der Waals surface area contributed by atoms with Crippen molar-refractivity contribution in [3.63, 3.8) is 0 Å². The number of anilines is 6. The molecule has 4 fully saturated rings. The molecule has 12 heterocycles. The van der Waals surface area contributed by atoms with Gasteiger partial charge in [-0.05, 0) is 108 Å². The van der Waals surface area contributed by atoms with E-state index in [1.807, 2.05) is 99.1 Å². The van der Waals surface area contributed by atoms with Crippen LogP contribution in [0.5, 0.6) is 0 Å². The number of hydrogen-bond donors (Lipinski definition) is 19. The number of pyridine rings is 3. The van der Waals surface area contributed by atoms with Gasteiger partial charge in [0.05, 0.1) is 66.3 Å². The number of hydrogen-bond acceptors (Lipinski definition) is 35. The molecule has 691 valence electrons. The first-order chi connectivity index (χ1) is 61.8. The zero-order chi connectivity index (χ0) is 90.4. The molecular formula is C87H109BN21O18S3. The molecule has 8 aromatic heterocycles. The van der Waals surface area contributed by atoms with Gasteiger partial charge in [-0.1, -0.05) is 124 Å². The van der Waals surface area contributed by atoms with Crippen molar-refractivity contribution in [2.24, 2.45) is 22.9 Å². The monoisotopic (exact) mass is 1840 g/mol. The summed E-state index contributed by atoms with van der Waals surface area (Å²) >= 11 is 4.28. The summed E-state index contributed by atoms with van der Waals surface area (Å²) in [5, 5.41) is 125. The number of aliphatic hydroxyl groups excluding tert-OH is 8. The third-order valence-corrected chi connectivity index (χ3v) is 25.5. The lowest BCUT2D eigenvalue weighted by molar-refractivity contribution is -0.139. The number of aromatic nitrogens is 13. The van der Waals surface area contributed by atoms with E-state index in [0.29, 0.717) is 135 Å². The van der Waals surface area contributed by atoms with Crippen LogP contribution in [0.4, 0.5) is 34.6 Å². The van der Waals surface area contributed by atoms with Crippen molar-refractivity contribution in [2.75, 3.05) is 62.7 Å². The topological polar surface area (TPSA) is 613 Å². The highest BCUT2D eigenvalue weighted by Crippen LogP contribution is 2.41. The third kappa shape index (κ3) is 22.6. The second-order valence-corrected chi connectivity index (χ2v) is 34.4. The molecule has 17 rings (SSSR count). The average molecular weight is 1840 g/mol. The van der Waals surface area contributed by atoms with Crippen LogP contribution in [0.15, 0.2) is 178 Å². The number of nitrogen functional groups attached to an aromatic ring is 1. The van der Waals surface area contributed by atoms with Crippen molar-refractivity contribution < 1.29 is 89.5 Å². The lowest BCUT2D eigenvalue weighted by Crippen LogP contribution is -2.33. The van der Waals surface area contributed by atoms with Gasteiger partial charge in [0, 0.05) is 59.2 Å². The molecule has 0 saturated carbocycles. The fourth-order valence-corrected chi connectivity index (χ4v) is 18.5. The van der Waals surface area contributed by atoms with E-state index in [-0.39, 0.29) is 20.7 Å². The predicted octanol–water partition coefficient (Wildman–Crippen LogP) is 6.27. The Hall–Kier alpha value is -10.9. The molecule has 19 unspecified atom stereocenters. The van der Waals surface area contributed by atoms with Gasteiger partial charge in [-0.15, -0.1) is 0 Å². The zero-order valence-electron chi connectivity index (χ0n) is 69.2. The maximum atomic E-state index is 10.9. The fourth-order valence-electron chi connectivity index (χ4n) is 15.2. The quantitative estimate of drug-likeness (QED) is 0.0159. The summed E-state index contributed by atoms with van der Waals surface area (Å²) in [6.07, 6.45) is 0.283. The van der Waals surface area contributed by atoms with E-state index in [9.17, 15) is 55.2 Å². The maximum absolute atomic E-state index is 10.9. The molecular weight excluding hydrogens is 1730 g/mol. The number of aliphatic carboxylic acids is 3. The van der Waals surface area contributed by atoms with E-state index in [1.165, 1.54) is 58.7 Å². The second-order valence-electron chi connectivity index (χ2n) is 31.0. The van der Waals surface area contributed by atoms with E-state index in [2.05, 4.69) is 85.1 Å². The Bertz CT molecular complexity index is 5920. The number of imidazole rings is 4. The van der Waals surface area contributed by atoms with Crippen molar-refractivity contribution in [2.45, 2.75) is 177 Å². The number of carbonyl (C=O) groups is 3. The van der Waals surface area contributed by atoms with Gasteiger partial charge < -0.3 is 133 Å². The molecule has 4 aliphatic rings. The summed E-state index contributed by atoms with van der Waals surface area (Å²) in [6.45, 7) is 3.12. The minimum absolute atomic E-state index is 0. The van der Waals surface area contributed by atoms with E-state index in [1.54, 1.807) is 74.0 Å². The van der Waals surface area contributed by atoms with Gasteiger partial charge in [-0.3, -0.25) is 19.0 Å². The minimum atomic E-state index is -1.16. The van der Waals surface area contributed by atoms with Crippen LogP contribution in [0, 0.1) is 6.92 Å². The van der Waals surface area contributed by atoms with Gasteiger partial charge in [0.1, 0.15) is 103 Å². The molecule has 13 aromatic rings. The summed E-state index contributed by atoms with van der Waals surface area (Å²) < 4.78 is 30.5. The lowest BCUT2D eigenvalue weighted by Gasteiger charge is -2.17. The number of aryl methyl sites for hydroxylation is 1. The van der Waals surface area contributed by atoms with Gasteiger partial charge in [0.15, 0.2) is 53.8 Å². The van der Waals surface area contributed by atoms with Gasteiger partial charge in [-0.2, -0.15) is 35.3 Å². The summed E-state index contributed by atoms with van der Waals surface area (Å²) in [4.78, 5) is 71.5. The normalized spacial score (nSPS) is 23.5. The number of nitrogens with zero attached hydrogens (tertiary/aromatic N) is 13. The molecule has 43 heteroatoms. The molecule has 130 heavy (non-hydrogen) atoms. The Kier molecular flexibility index (Phi) is 34.2. The molecule has 24 N–H and O–H groups in total. The molecule has 0 spiro atoms. The van der Waals surface area contributed by atoms with Crippen molar-refractivity contribution in [3.8, 4) is 0 Å². The third-order valence-electron chi connectivity index (χ3n) is 22.3. The number of thioether (sulfide) groups is 3. The van der Waals surface area contributed by atoms with Crippen molar-refractivity contribution in [1.29, 1.82) is 0 Å². The first kappa shape index (κ1) is 98.2. The van der Waals surface area contributed by atoms with Gasteiger partial charge in [0.25, 0.3) is 0 Å². The van der Waals surface area contributed by atoms with E-state index in [4.69, 9.17) is 62.9 Å². The highest BCUT2D eigenvalue weighted by atomic mass is 32.2. The standard InChI is InChI=1S/C26H29N5O5S.C25H27N5O5S.C22H27N5O5S.C12H18BN6O3.2CH4/c27-18(26(34)35)9-11-37-13-20-22(32)23(33)25(36-20)31-14-30-21-19(31)8-10-28-24(21)29-12-16-6-3-5-15-4-1-2-7-17(15)16;26-16(25(33)34)9-11-36-12-19-21(31)22(32)24(35-19)30-13-28-20-18(30)8-10-27-23(20)29-17-7-3-5-14-4-1-2-6-15(14)17;1-12-2-4-13(5-3-12)26-20-17-15(6-8-24-20)27(11-25-17)21-19(29)18(28)16(32-21)10-33-9-7-14(23)22(30)31;14-2-1-13-3-6-8(20)9(21)12(22-6)19-5-18-7-10(15)16-4-17-11(7)19;;/h1-8,10,14,18,20,22-23,25,32-33H,9,11-13,27H2,(H,28,29)(H,34,35);1-8,10,13,16,19,21-22,24,31-32H,9,11-12,26H2,(H,27,29)(H,33,34);2-6,8,11,14,16,18-19,21,28-29H,7,9-10,23H2,1H3,(H,24,26)(H,30,31);4-6,8-9,12,20-21H,1-3,14H2,(H2,15,16,17);2*1H4. The van der Waals surface area contributed by atoms with Gasteiger partial charge in [0.2, 0.25) is 0 Å². The summed E-state index contributed by atoms with van der Waals surface area (Å²) in [5.74, 6) is 1.59. The number of rotatable bonds is 33. The number of nitrogens with two attached hydrogens (primary N) is 5. The molecule has 19 atom stereocenters. The first-order valence-electron chi connectivity index (χ1n) is 41.3. The molecule has 1 radical (unpaired) electrons. The number of benzene rings is 5. The molecule has 4 aliphatic heterocycles. The molecule has 0 amide bonds. The first-order valence-corrected chi connectivity index (χ1v) is 44.8. The van der Waals surface area contributed by atoms with E-state index >= 15 is 0 Å². The Labute approximate surface area is 760 Å². The number of aliphatic hydroxyl groups is 8. The van der Waals surface area contributed by atoms with Crippen LogP contribution < -0.4 is 44.6 Å². The average Bonchev–Trinajstić information content (AvgIpc) is 1.66. The Morgan fingerprint density at radius 3 is 1.34 bits per heavy atom. The number of carboxylic acid groups (broad SMARTS) is 3. The largest absolute Gasteiger partial charge is 0.480 e. The van der Waals surface area contributed by atoms with Crippen LogP contribution in [0.25, 0.3) is 65.8 Å². The predicted molar refractivity (Wildman–Crippen MR) is 500 cm³/mol. The van der Waals surface area contributed by atoms with Crippen molar-refractivity contribution in [3.05, 3.63) is 189 Å². The number of carboxylic acids is 3. The summed E-state index contributed by atoms with van der Waals surface area (Å²) in [5.41, 5.74) is 36.7. The van der Waals surface area contributed by atoms with Gasteiger partial charge >= 0.3 is 17.9 Å². The van der Waals surface area contributed by atoms with Crippen LogP contribution in [0.1, 0.15) is 70.2 Å².